The molecule has 0 aliphatic carbocycles. The molecule has 3 rings (SSSR count). The summed E-state index contributed by atoms with van der Waals surface area (Å²) in [5, 5.41) is 2.87. The minimum atomic E-state index is -0.0868. The van der Waals surface area contributed by atoms with Crippen LogP contribution < -0.4 is 10.2 Å². The van der Waals surface area contributed by atoms with Crippen molar-refractivity contribution in [2.24, 2.45) is 5.92 Å². The van der Waals surface area contributed by atoms with Crippen LogP contribution in [0, 0.1) is 5.92 Å². The molecule has 0 bridgehead atoms. The third kappa shape index (κ3) is 3.01. The molecular weight excluding hydrogens is 356 g/mol. The Balaban J connectivity index is 1.85. The van der Waals surface area contributed by atoms with Crippen molar-refractivity contribution in [3.05, 3.63) is 58.1 Å². The Morgan fingerprint density at radius 3 is 2.61 bits per heavy atom. The SMILES string of the molecule is CC(C)C(=O)Nc1ccc(N2Cc3ccccc3C2=O)cc1Br. The molecule has 2 amide bonds. The summed E-state index contributed by atoms with van der Waals surface area (Å²) < 4.78 is 0.757. The molecule has 0 unspecified atom stereocenters. The lowest BCUT2D eigenvalue weighted by Crippen LogP contribution is -2.23. The number of halogens is 1. The summed E-state index contributed by atoms with van der Waals surface area (Å²) in [5.74, 6) is -0.120. The van der Waals surface area contributed by atoms with Gasteiger partial charge in [0.1, 0.15) is 0 Å². The smallest absolute Gasteiger partial charge is 0.258 e. The first-order chi connectivity index (χ1) is 11.0. The molecule has 0 fully saturated rings. The number of carbonyl (C=O) groups is 2. The second kappa shape index (κ2) is 6.16. The summed E-state index contributed by atoms with van der Waals surface area (Å²) in [6, 6.07) is 13.2. The van der Waals surface area contributed by atoms with Crippen LogP contribution in [0.2, 0.25) is 0 Å². The Bertz CT molecular complexity index is 786. The Kier molecular flexibility index (Phi) is 4.22. The van der Waals surface area contributed by atoms with Crippen LogP contribution >= 0.6 is 15.9 Å². The number of hydrogen-bond acceptors (Lipinski definition) is 2. The van der Waals surface area contributed by atoms with Gasteiger partial charge in [0.25, 0.3) is 5.91 Å². The molecule has 1 heterocycles. The minimum absolute atomic E-state index is 0.00599. The number of carbonyl (C=O) groups excluding carboxylic acids is 2. The van der Waals surface area contributed by atoms with Crippen LogP contribution in [-0.2, 0) is 11.3 Å². The fraction of sp³-hybridized carbons (Fsp3) is 0.222. The number of anilines is 2. The van der Waals surface area contributed by atoms with E-state index in [9.17, 15) is 9.59 Å². The molecule has 23 heavy (non-hydrogen) atoms. The Morgan fingerprint density at radius 2 is 1.96 bits per heavy atom. The zero-order chi connectivity index (χ0) is 16.6. The maximum Gasteiger partial charge on any atom is 0.258 e. The van der Waals surface area contributed by atoms with Gasteiger partial charge in [0.15, 0.2) is 0 Å². The highest BCUT2D eigenvalue weighted by Gasteiger charge is 2.28. The number of nitrogens with one attached hydrogen (secondary N) is 1. The minimum Gasteiger partial charge on any atom is -0.325 e. The summed E-state index contributed by atoms with van der Waals surface area (Å²) in [4.78, 5) is 26.1. The van der Waals surface area contributed by atoms with E-state index in [1.165, 1.54) is 0 Å². The molecule has 1 aliphatic heterocycles. The van der Waals surface area contributed by atoms with Crippen molar-refractivity contribution in [3.8, 4) is 0 Å². The quantitative estimate of drug-likeness (QED) is 0.877. The predicted molar refractivity (Wildman–Crippen MR) is 94.6 cm³/mol. The third-order valence-electron chi connectivity index (χ3n) is 3.87. The highest BCUT2D eigenvalue weighted by atomic mass is 79.9. The van der Waals surface area contributed by atoms with Crippen LogP contribution in [0.4, 0.5) is 11.4 Å². The van der Waals surface area contributed by atoms with Crippen LogP contribution in [0.5, 0.6) is 0 Å². The molecule has 0 saturated carbocycles. The van der Waals surface area contributed by atoms with E-state index in [-0.39, 0.29) is 17.7 Å². The Hall–Kier alpha value is -2.14. The van der Waals surface area contributed by atoms with Crippen molar-refractivity contribution >= 4 is 39.1 Å². The Morgan fingerprint density at radius 1 is 1.22 bits per heavy atom. The summed E-state index contributed by atoms with van der Waals surface area (Å²) >= 11 is 3.47. The van der Waals surface area contributed by atoms with Gasteiger partial charge in [-0.25, -0.2) is 0 Å². The first-order valence-corrected chi connectivity index (χ1v) is 8.27. The maximum atomic E-state index is 12.5. The van der Waals surface area contributed by atoms with E-state index in [1.807, 2.05) is 56.3 Å². The van der Waals surface area contributed by atoms with Crippen molar-refractivity contribution in [2.45, 2.75) is 20.4 Å². The van der Waals surface area contributed by atoms with Gasteiger partial charge in [-0.15, -0.1) is 0 Å². The topological polar surface area (TPSA) is 49.4 Å². The van der Waals surface area contributed by atoms with Crippen molar-refractivity contribution in [1.29, 1.82) is 0 Å². The van der Waals surface area contributed by atoms with E-state index in [1.54, 1.807) is 4.90 Å². The number of fused-ring (bicyclic) bond motifs is 1. The van der Waals surface area contributed by atoms with E-state index in [0.717, 1.165) is 21.3 Å². The molecule has 0 radical (unpaired) electrons. The molecule has 0 spiro atoms. The fourth-order valence-electron chi connectivity index (χ4n) is 2.51. The molecule has 1 N–H and O–H groups in total. The first-order valence-electron chi connectivity index (χ1n) is 7.47. The second-order valence-corrected chi connectivity index (χ2v) is 6.71. The molecule has 0 atom stereocenters. The van der Waals surface area contributed by atoms with Gasteiger partial charge in [-0.05, 0) is 45.8 Å². The third-order valence-corrected chi connectivity index (χ3v) is 4.52. The van der Waals surface area contributed by atoms with Gasteiger partial charge in [0.05, 0.1) is 12.2 Å². The first kappa shape index (κ1) is 15.7. The summed E-state index contributed by atoms with van der Waals surface area (Å²) in [7, 11) is 0. The van der Waals surface area contributed by atoms with Gasteiger partial charge >= 0.3 is 0 Å². The van der Waals surface area contributed by atoms with Crippen molar-refractivity contribution < 1.29 is 9.59 Å². The zero-order valence-electron chi connectivity index (χ0n) is 13.0. The monoisotopic (exact) mass is 372 g/mol. The van der Waals surface area contributed by atoms with Gasteiger partial charge in [-0.2, -0.15) is 0 Å². The summed E-state index contributed by atoms with van der Waals surface area (Å²) in [6.45, 7) is 4.26. The lowest BCUT2D eigenvalue weighted by atomic mass is 10.1. The Labute approximate surface area is 143 Å². The average Bonchev–Trinajstić information content (AvgIpc) is 2.86. The van der Waals surface area contributed by atoms with E-state index >= 15 is 0 Å². The van der Waals surface area contributed by atoms with Gasteiger partial charge in [0, 0.05) is 21.6 Å². The molecule has 2 aromatic rings. The molecule has 0 saturated heterocycles. The summed E-state index contributed by atoms with van der Waals surface area (Å²) in [6.07, 6.45) is 0. The lowest BCUT2D eigenvalue weighted by molar-refractivity contribution is -0.118. The normalized spacial score (nSPS) is 13.4. The highest BCUT2D eigenvalue weighted by molar-refractivity contribution is 9.10. The standard InChI is InChI=1S/C18H17BrN2O2/c1-11(2)17(22)20-16-8-7-13(9-15(16)19)21-10-12-5-3-4-6-14(12)18(21)23/h3-9,11H,10H2,1-2H3,(H,20,22). The molecular formula is C18H17BrN2O2. The number of benzene rings is 2. The van der Waals surface area contributed by atoms with Gasteiger partial charge in [-0.1, -0.05) is 32.0 Å². The zero-order valence-corrected chi connectivity index (χ0v) is 14.6. The second-order valence-electron chi connectivity index (χ2n) is 5.86. The van der Waals surface area contributed by atoms with E-state index in [4.69, 9.17) is 0 Å². The molecule has 1 aliphatic rings. The fourth-order valence-corrected chi connectivity index (χ4v) is 2.98. The van der Waals surface area contributed by atoms with Crippen LogP contribution in [0.1, 0.15) is 29.8 Å². The van der Waals surface area contributed by atoms with Gasteiger partial charge < -0.3 is 10.2 Å². The van der Waals surface area contributed by atoms with Crippen LogP contribution in [0.15, 0.2) is 46.9 Å². The number of nitrogens with zero attached hydrogens (tertiary/aromatic N) is 1. The molecule has 4 nitrogen and oxygen atoms in total. The van der Waals surface area contributed by atoms with Crippen LogP contribution in [0.3, 0.4) is 0 Å². The van der Waals surface area contributed by atoms with Crippen LogP contribution in [0.25, 0.3) is 0 Å². The largest absolute Gasteiger partial charge is 0.325 e. The number of hydrogen-bond donors (Lipinski definition) is 1. The number of rotatable bonds is 3. The number of amides is 2. The average molecular weight is 373 g/mol. The van der Waals surface area contributed by atoms with E-state index in [2.05, 4.69) is 21.2 Å². The predicted octanol–water partition coefficient (Wildman–Crippen LogP) is 4.20. The molecule has 118 valence electrons. The van der Waals surface area contributed by atoms with Gasteiger partial charge in [-0.3, -0.25) is 9.59 Å². The molecule has 2 aromatic carbocycles. The lowest BCUT2D eigenvalue weighted by Gasteiger charge is -2.18. The van der Waals surface area contributed by atoms with E-state index < -0.39 is 0 Å². The van der Waals surface area contributed by atoms with Crippen LogP contribution in [-0.4, -0.2) is 11.8 Å². The van der Waals surface area contributed by atoms with Gasteiger partial charge in [0.2, 0.25) is 5.91 Å². The molecule has 0 aromatic heterocycles. The van der Waals surface area contributed by atoms with E-state index in [0.29, 0.717) is 12.2 Å². The highest BCUT2D eigenvalue weighted by Crippen LogP contribution is 2.33. The van der Waals surface area contributed by atoms with Crippen molar-refractivity contribution in [3.63, 3.8) is 0 Å². The summed E-state index contributed by atoms with van der Waals surface area (Å²) in [5.41, 5.74) is 3.30. The van der Waals surface area contributed by atoms with Crippen molar-refractivity contribution in [2.75, 3.05) is 10.2 Å². The maximum absolute atomic E-state index is 12.5. The molecule has 5 heteroatoms. The van der Waals surface area contributed by atoms with Crippen molar-refractivity contribution in [1.82, 2.24) is 0 Å².